The van der Waals surface area contributed by atoms with E-state index in [2.05, 4.69) is 36.1 Å². The summed E-state index contributed by atoms with van der Waals surface area (Å²) in [5, 5.41) is 15.8. The maximum Gasteiger partial charge on any atom is 0.294 e. The van der Waals surface area contributed by atoms with E-state index in [1.807, 2.05) is 0 Å². The molecule has 0 bridgehead atoms. The van der Waals surface area contributed by atoms with Crippen LogP contribution in [0.1, 0.15) is 18.7 Å². The predicted molar refractivity (Wildman–Crippen MR) is 143 cm³/mol. The lowest BCUT2D eigenvalue weighted by Gasteiger charge is -2.15. The van der Waals surface area contributed by atoms with Crippen molar-refractivity contribution >= 4 is 71.7 Å². The first kappa shape index (κ1) is 27.4. The van der Waals surface area contributed by atoms with Crippen LogP contribution in [0.25, 0.3) is 10.8 Å². The number of hydrogen-bond donors (Lipinski definition) is 6. The summed E-state index contributed by atoms with van der Waals surface area (Å²) in [6.45, 7) is 1.74. The number of benzene rings is 3. The lowest BCUT2D eigenvalue weighted by atomic mass is 10.1. The van der Waals surface area contributed by atoms with Gasteiger partial charge in [-0.1, -0.05) is 18.2 Å². The molecule has 0 spiro atoms. The van der Waals surface area contributed by atoms with E-state index in [-0.39, 0.29) is 33.6 Å². The summed E-state index contributed by atoms with van der Waals surface area (Å²) < 4.78 is 66.1. The summed E-state index contributed by atoms with van der Waals surface area (Å²) >= 11 is 6.11. The molecule has 0 fully saturated rings. The van der Waals surface area contributed by atoms with Gasteiger partial charge in [0.15, 0.2) is 0 Å². The highest BCUT2D eigenvalue weighted by molar-refractivity contribution is 7.86. The first-order chi connectivity index (χ1) is 18.8. The highest BCUT2D eigenvalue weighted by atomic mass is 35.5. The number of amidine groups is 1. The number of phenolic OH excluding ortho intramolecular Hbond substituents is 1. The first-order valence-electron chi connectivity index (χ1n) is 11.0. The molecule has 1 aliphatic heterocycles. The number of fused-ring (bicyclic) bond motifs is 1. The van der Waals surface area contributed by atoms with Crippen molar-refractivity contribution < 1.29 is 35.9 Å². The average Bonchev–Trinajstić information content (AvgIpc) is 3.28. The molecule has 208 valence electrons. The highest BCUT2D eigenvalue weighted by Crippen LogP contribution is 2.38. The van der Waals surface area contributed by atoms with Gasteiger partial charge in [0.1, 0.15) is 11.6 Å². The van der Waals surface area contributed by atoms with Crippen LogP contribution in [0.5, 0.6) is 5.75 Å². The van der Waals surface area contributed by atoms with Crippen LogP contribution in [0.2, 0.25) is 5.28 Å². The van der Waals surface area contributed by atoms with Crippen molar-refractivity contribution in [2.75, 3.05) is 10.6 Å². The second-order valence-electron chi connectivity index (χ2n) is 8.34. The zero-order chi connectivity index (χ0) is 28.8. The number of rotatable bonds is 7. The van der Waals surface area contributed by atoms with Gasteiger partial charge in [-0.2, -0.15) is 31.8 Å². The molecule has 1 atom stereocenters. The zero-order valence-electron chi connectivity index (χ0n) is 20.1. The number of para-hydroxylation sites is 1. The molecule has 0 saturated heterocycles. The van der Waals surface area contributed by atoms with Gasteiger partial charge < -0.3 is 15.7 Å². The van der Waals surface area contributed by atoms with E-state index in [0.29, 0.717) is 17.1 Å². The van der Waals surface area contributed by atoms with Crippen LogP contribution in [-0.2, 0) is 25.1 Å². The summed E-state index contributed by atoms with van der Waals surface area (Å²) in [6.07, 6.45) is -0.649. The number of anilines is 4. The van der Waals surface area contributed by atoms with Crippen molar-refractivity contribution in [2.24, 2.45) is 4.99 Å². The normalized spacial score (nSPS) is 15.5. The smallest absolute Gasteiger partial charge is 0.294 e. The van der Waals surface area contributed by atoms with Crippen LogP contribution in [0.15, 0.2) is 63.3 Å². The largest absolute Gasteiger partial charge is 0.507 e. The Labute approximate surface area is 231 Å². The fourth-order valence-corrected chi connectivity index (χ4v) is 5.11. The van der Waals surface area contributed by atoms with Crippen molar-refractivity contribution in [3.05, 3.63) is 59.4 Å². The second-order valence-corrected chi connectivity index (χ2v) is 11.5. The van der Waals surface area contributed by atoms with Gasteiger partial charge in [0, 0.05) is 22.7 Å². The van der Waals surface area contributed by atoms with Crippen LogP contribution in [-0.4, -0.2) is 51.8 Å². The fraction of sp³-hybridized carbons (Fsp3) is 0.0909. The maximum absolute atomic E-state index is 11.9. The van der Waals surface area contributed by atoms with E-state index in [4.69, 9.17) is 16.4 Å². The Hall–Kier alpha value is -4.13. The molecule has 0 radical (unpaired) electrons. The minimum absolute atomic E-state index is 0.0327. The Morgan fingerprint density at radius 1 is 0.900 bits per heavy atom. The SMILES string of the molecule is CC1=NC(c2ccccc2Nc2nc(Cl)nc(Nc3cc(S(=O)(=O)O)cc4cc(S(=O)(=O)O)cc(O)c34)n2)ON1. The lowest BCUT2D eigenvalue weighted by Crippen LogP contribution is -2.13. The third kappa shape index (κ3) is 5.74. The molecule has 18 heteroatoms. The number of halogens is 1. The number of aliphatic imine (C=N–C) groups is 1. The minimum atomic E-state index is -4.80. The second kappa shape index (κ2) is 10.1. The predicted octanol–water partition coefficient (Wildman–Crippen LogP) is 3.32. The molecule has 40 heavy (non-hydrogen) atoms. The van der Waals surface area contributed by atoms with Crippen molar-refractivity contribution in [1.29, 1.82) is 0 Å². The molecule has 3 aromatic carbocycles. The topological polar surface area (TPSA) is 225 Å². The number of hydrogen-bond acceptors (Lipinski definition) is 13. The van der Waals surface area contributed by atoms with Gasteiger partial charge in [-0.05, 0) is 48.2 Å². The number of aromatic nitrogens is 3. The summed E-state index contributed by atoms with van der Waals surface area (Å²) in [6, 6.07) is 10.6. The molecule has 1 aliphatic rings. The molecule has 15 nitrogen and oxygen atoms in total. The standard InChI is InChI=1S/C22H18ClN7O8S2/c1-10-24-19(38-30-10)14-4-2-3-5-15(14)25-21-27-20(23)28-22(29-21)26-16-8-12(39(32,33)34)6-11-7-13(40(35,36)37)9-17(31)18(11)16/h2-9,19,31H,1H3,(H,24,30)(H,32,33,34)(H,35,36,37)(H2,25,26,27,28,29). The van der Waals surface area contributed by atoms with Crippen LogP contribution in [0, 0.1) is 0 Å². The van der Waals surface area contributed by atoms with E-state index in [1.54, 1.807) is 31.2 Å². The van der Waals surface area contributed by atoms with E-state index in [0.717, 1.165) is 24.3 Å². The Morgan fingerprint density at radius 2 is 1.50 bits per heavy atom. The monoisotopic (exact) mass is 607 g/mol. The van der Waals surface area contributed by atoms with E-state index < -0.39 is 42.0 Å². The Kier molecular flexibility index (Phi) is 6.94. The molecule has 0 saturated carbocycles. The van der Waals surface area contributed by atoms with Gasteiger partial charge >= 0.3 is 0 Å². The Morgan fingerprint density at radius 3 is 2.10 bits per heavy atom. The third-order valence-corrected chi connectivity index (χ3v) is 7.36. The fourth-order valence-electron chi connectivity index (χ4n) is 3.87. The number of nitrogens with one attached hydrogen (secondary N) is 3. The molecule has 1 aromatic heterocycles. The molecule has 0 aliphatic carbocycles. The quantitative estimate of drug-likeness (QED) is 0.166. The molecule has 0 amide bonds. The number of hydroxylamine groups is 1. The Balaban J connectivity index is 1.57. The van der Waals surface area contributed by atoms with Gasteiger partial charge in [0.2, 0.25) is 23.4 Å². The van der Waals surface area contributed by atoms with Crippen molar-refractivity contribution in [3.63, 3.8) is 0 Å². The lowest BCUT2D eigenvalue weighted by molar-refractivity contribution is 0.0378. The molecule has 2 heterocycles. The van der Waals surface area contributed by atoms with E-state index >= 15 is 0 Å². The number of nitrogens with zero attached hydrogens (tertiary/aromatic N) is 4. The molecule has 4 aromatic rings. The summed E-state index contributed by atoms with van der Waals surface area (Å²) in [4.78, 5) is 20.7. The van der Waals surface area contributed by atoms with E-state index in [9.17, 15) is 31.0 Å². The molecular formula is C22H18ClN7O8S2. The minimum Gasteiger partial charge on any atom is -0.507 e. The van der Waals surface area contributed by atoms with Crippen LogP contribution < -0.4 is 16.1 Å². The molecule has 6 N–H and O–H groups in total. The summed E-state index contributed by atoms with van der Waals surface area (Å²) in [5.74, 6) is -0.293. The summed E-state index contributed by atoms with van der Waals surface area (Å²) in [7, 11) is -9.56. The first-order valence-corrected chi connectivity index (χ1v) is 14.3. The van der Waals surface area contributed by atoms with E-state index in [1.165, 1.54) is 0 Å². The van der Waals surface area contributed by atoms with Gasteiger partial charge in [-0.3, -0.25) is 14.6 Å². The molecular weight excluding hydrogens is 590 g/mol. The van der Waals surface area contributed by atoms with Gasteiger partial charge in [0.25, 0.3) is 20.2 Å². The van der Waals surface area contributed by atoms with Gasteiger partial charge in [-0.15, -0.1) is 0 Å². The maximum atomic E-state index is 11.9. The van der Waals surface area contributed by atoms with Crippen LogP contribution >= 0.6 is 11.6 Å². The van der Waals surface area contributed by atoms with Gasteiger partial charge in [0.05, 0.1) is 15.5 Å². The highest BCUT2D eigenvalue weighted by Gasteiger charge is 2.22. The van der Waals surface area contributed by atoms with Crippen LogP contribution in [0.3, 0.4) is 0 Å². The molecule has 5 rings (SSSR count). The average molecular weight is 608 g/mol. The summed E-state index contributed by atoms with van der Waals surface area (Å²) in [5.41, 5.74) is 3.69. The van der Waals surface area contributed by atoms with Crippen molar-refractivity contribution in [3.8, 4) is 5.75 Å². The van der Waals surface area contributed by atoms with Gasteiger partial charge in [-0.25, -0.2) is 9.83 Å². The van der Waals surface area contributed by atoms with Crippen LogP contribution in [0.4, 0.5) is 23.3 Å². The molecule has 1 unspecified atom stereocenters. The van der Waals surface area contributed by atoms with Crippen molar-refractivity contribution in [1.82, 2.24) is 20.4 Å². The number of aromatic hydroxyl groups is 1. The third-order valence-electron chi connectivity index (χ3n) is 5.53. The number of phenols is 1. The zero-order valence-corrected chi connectivity index (χ0v) is 22.5. The van der Waals surface area contributed by atoms with Crippen molar-refractivity contribution in [2.45, 2.75) is 22.9 Å². The Bertz CT molecular complexity index is 1920.